The number of fused-ring (bicyclic) bond motifs is 2. The van der Waals surface area contributed by atoms with Crippen molar-refractivity contribution in [2.45, 2.75) is 4.90 Å². The van der Waals surface area contributed by atoms with E-state index in [-0.39, 0.29) is 17.0 Å². The average Bonchev–Trinajstić information content (AvgIpc) is 3.11. The first-order chi connectivity index (χ1) is 14.0. The number of rotatable bonds is 6. The maximum Gasteiger partial charge on any atom is 0.257 e. The Labute approximate surface area is 171 Å². The molecule has 0 saturated carbocycles. The van der Waals surface area contributed by atoms with Crippen LogP contribution in [0.2, 0.25) is 0 Å². The van der Waals surface area contributed by atoms with Crippen molar-refractivity contribution in [2.75, 3.05) is 25.1 Å². The zero-order chi connectivity index (χ0) is 20.4. The number of ether oxygens (including phenoxy) is 2. The Morgan fingerprint density at radius 1 is 1.21 bits per heavy atom. The monoisotopic (exact) mass is 431 g/mol. The number of carbonyl (C=O) groups is 1. The maximum atomic E-state index is 12.6. The summed E-state index contributed by atoms with van der Waals surface area (Å²) in [5.41, 5.74) is 0.885. The van der Waals surface area contributed by atoms with Gasteiger partial charge in [-0.05, 0) is 18.2 Å². The third-order valence-electron chi connectivity index (χ3n) is 4.10. The first kappa shape index (κ1) is 19.4. The summed E-state index contributed by atoms with van der Waals surface area (Å²) in [6.07, 6.45) is 1.44. The summed E-state index contributed by atoms with van der Waals surface area (Å²) in [6.45, 7) is 4.55. The fraction of sp³-hybridized carbons (Fsp3) is 0.158. The summed E-state index contributed by atoms with van der Waals surface area (Å²) < 4.78 is 38.8. The number of sulfonamides is 1. The Balaban J connectivity index is 1.56. The van der Waals surface area contributed by atoms with Crippen molar-refractivity contribution in [3.05, 3.63) is 54.6 Å². The van der Waals surface area contributed by atoms with E-state index >= 15 is 0 Å². The van der Waals surface area contributed by atoms with E-state index in [0.717, 1.165) is 4.70 Å². The quantitative estimate of drug-likeness (QED) is 0.582. The Morgan fingerprint density at radius 2 is 1.97 bits per heavy atom. The highest BCUT2D eigenvalue weighted by molar-refractivity contribution is 7.89. The van der Waals surface area contributed by atoms with E-state index < -0.39 is 15.9 Å². The molecule has 1 aliphatic heterocycles. The summed E-state index contributed by atoms with van der Waals surface area (Å²) in [4.78, 5) is 17.0. The SMILES string of the molecule is C=CCNS(=O)(=O)c1cccc(C(=O)Nc2nc3cc4c(cc3s2)OCCO4)c1. The minimum absolute atomic E-state index is 0.00160. The number of anilines is 1. The van der Waals surface area contributed by atoms with E-state index in [1.807, 2.05) is 6.07 Å². The maximum absolute atomic E-state index is 12.6. The smallest absolute Gasteiger partial charge is 0.257 e. The molecule has 10 heteroatoms. The number of thiazole rings is 1. The van der Waals surface area contributed by atoms with Crippen LogP contribution in [0.3, 0.4) is 0 Å². The van der Waals surface area contributed by atoms with Gasteiger partial charge in [0.25, 0.3) is 5.91 Å². The number of carbonyl (C=O) groups excluding carboxylic acids is 1. The zero-order valence-corrected chi connectivity index (χ0v) is 16.8. The van der Waals surface area contributed by atoms with Crippen LogP contribution in [0.15, 0.2) is 53.9 Å². The molecule has 3 aromatic rings. The van der Waals surface area contributed by atoms with Gasteiger partial charge in [0.15, 0.2) is 16.6 Å². The third kappa shape index (κ3) is 4.09. The van der Waals surface area contributed by atoms with E-state index in [2.05, 4.69) is 21.6 Å². The standard InChI is InChI=1S/C19H17N3O5S2/c1-2-6-20-29(24,25)13-5-3-4-12(9-13)18(23)22-19-21-14-10-15-16(11-17(14)28-19)27-8-7-26-15/h2-5,9-11,20H,1,6-8H2,(H,21,22,23). The summed E-state index contributed by atoms with van der Waals surface area (Å²) in [5.74, 6) is 0.814. The Bertz CT molecular complexity index is 1160. The van der Waals surface area contributed by atoms with Crippen LogP contribution in [0.4, 0.5) is 5.13 Å². The molecule has 0 bridgehead atoms. The van der Waals surface area contributed by atoms with E-state index in [4.69, 9.17) is 9.47 Å². The van der Waals surface area contributed by atoms with Crippen molar-refractivity contribution in [1.82, 2.24) is 9.71 Å². The van der Waals surface area contributed by atoms with Gasteiger partial charge in [-0.3, -0.25) is 10.1 Å². The van der Waals surface area contributed by atoms with Crippen LogP contribution in [0.5, 0.6) is 11.5 Å². The lowest BCUT2D eigenvalue weighted by Crippen LogP contribution is -2.24. The molecule has 4 rings (SSSR count). The predicted molar refractivity (Wildman–Crippen MR) is 110 cm³/mol. The number of hydrogen-bond acceptors (Lipinski definition) is 7. The minimum Gasteiger partial charge on any atom is -0.486 e. The van der Waals surface area contributed by atoms with E-state index in [1.165, 1.54) is 41.7 Å². The van der Waals surface area contributed by atoms with Crippen LogP contribution in [0, 0.1) is 0 Å². The lowest BCUT2D eigenvalue weighted by Gasteiger charge is -2.17. The molecule has 1 aromatic heterocycles. The second kappa shape index (κ2) is 7.82. The Hall–Kier alpha value is -2.95. The molecule has 1 aliphatic rings. The van der Waals surface area contributed by atoms with Gasteiger partial charge in [0.1, 0.15) is 13.2 Å². The first-order valence-corrected chi connectivity index (χ1v) is 11.0. The molecule has 29 heavy (non-hydrogen) atoms. The van der Waals surface area contributed by atoms with Crippen LogP contribution >= 0.6 is 11.3 Å². The molecule has 0 aliphatic carbocycles. The van der Waals surface area contributed by atoms with Gasteiger partial charge >= 0.3 is 0 Å². The topological polar surface area (TPSA) is 107 Å². The van der Waals surface area contributed by atoms with Crippen molar-refractivity contribution in [3.63, 3.8) is 0 Å². The molecule has 2 aromatic carbocycles. The molecule has 0 unspecified atom stereocenters. The molecule has 0 atom stereocenters. The van der Waals surface area contributed by atoms with Crippen molar-refractivity contribution >= 4 is 42.6 Å². The zero-order valence-electron chi connectivity index (χ0n) is 15.2. The van der Waals surface area contributed by atoms with Gasteiger partial charge in [-0.25, -0.2) is 18.1 Å². The third-order valence-corrected chi connectivity index (χ3v) is 6.45. The van der Waals surface area contributed by atoms with Crippen LogP contribution in [0.25, 0.3) is 10.2 Å². The van der Waals surface area contributed by atoms with E-state index in [9.17, 15) is 13.2 Å². The van der Waals surface area contributed by atoms with Crippen molar-refractivity contribution in [3.8, 4) is 11.5 Å². The number of amides is 1. The highest BCUT2D eigenvalue weighted by Crippen LogP contribution is 2.37. The van der Waals surface area contributed by atoms with Crippen molar-refractivity contribution in [2.24, 2.45) is 0 Å². The summed E-state index contributed by atoms with van der Waals surface area (Å²) in [5, 5.41) is 3.11. The number of benzene rings is 2. The molecule has 2 N–H and O–H groups in total. The molecule has 0 saturated heterocycles. The van der Waals surface area contributed by atoms with Crippen molar-refractivity contribution in [1.29, 1.82) is 0 Å². The second-order valence-corrected chi connectivity index (χ2v) is 8.90. The lowest BCUT2D eigenvalue weighted by atomic mass is 10.2. The number of nitrogens with zero attached hydrogens (tertiary/aromatic N) is 1. The molecule has 150 valence electrons. The van der Waals surface area contributed by atoms with Gasteiger partial charge in [-0.2, -0.15) is 0 Å². The molecule has 8 nitrogen and oxygen atoms in total. The molecular weight excluding hydrogens is 414 g/mol. The molecule has 0 spiro atoms. The van der Waals surface area contributed by atoms with E-state index in [0.29, 0.717) is 35.4 Å². The van der Waals surface area contributed by atoms with Gasteiger partial charge in [-0.15, -0.1) is 6.58 Å². The number of nitrogens with one attached hydrogen (secondary N) is 2. The molecule has 2 heterocycles. The summed E-state index contributed by atoms with van der Waals surface area (Å²) in [7, 11) is -3.72. The van der Waals surface area contributed by atoms with Crippen LogP contribution in [-0.2, 0) is 10.0 Å². The highest BCUT2D eigenvalue weighted by atomic mass is 32.2. The minimum atomic E-state index is -3.72. The van der Waals surface area contributed by atoms with Gasteiger partial charge in [-0.1, -0.05) is 23.5 Å². The molecule has 1 amide bonds. The lowest BCUT2D eigenvalue weighted by molar-refractivity contribution is 0.102. The highest BCUT2D eigenvalue weighted by Gasteiger charge is 2.18. The summed E-state index contributed by atoms with van der Waals surface area (Å²) in [6, 6.07) is 9.39. The Kier molecular flexibility index (Phi) is 5.22. The van der Waals surface area contributed by atoms with Gasteiger partial charge in [0.2, 0.25) is 10.0 Å². The first-order valence-electron chi connectivity index (χ1n) is 8.68. The van der Waals surface area contributed by atoms with Gasteiger partial charge < -0.3 is 9.47 Å². The molecular formula is C19H17N3O5S2. The van der Waals surface area contributed by atoms with Crippen LogP contribution in [0.1, 0.15) is 10.4 Å². The van der Waals surface area contributed by atoms with Crippen LogP contribution < -0.4 is 19.5 Å². The van der Waals surface area contributed by atoms with Crippen molar-refractivity contribution < 1.29 is 22.7 Å². The number of hydrogen-bond donors (Lipinski definition) is 2. The summed E-state index contributed by atoms with van der Waals surface area (Å²) >= 11 is 1.29. The largest absolute Gasteiger partial charge is 0.486 e. The number of aromatic nitrogens is 1. The fourth-order valence-electron chi connectivity index (χ4n) is 2.74. The molecule has 0 radical (unpaired) electrons. The molecule has 0 fully saturated rings. The van der Waals surface area contributed by atoms with Gasteiger partial charge in [0, 0.05) is 24.2 Å². The van der Waals surface area contributed by atoms with E-state index in [1.54, 1.807) is 6.07 Å². The second-order valence-electron chi connectivity index (χ2n) is 6.11. The van der Waals surface area contributed by atoms with Gasteiger partial charge in [0.05, 0.1) is 15.1 Å². The Morgan fingerprint density at radius 3 is 2.72 bits per heavy atom. The predicted octanol–water partition coefficient (Wildman–Crippen LogP) is 2.78. The average molecular weight is 431 g/mol. The normalized spacial score (nSPS) is 13.2. The fourth-order valence-corrected chi connectivity index (χ4v) is 4.66. The van der Waals surface area contributed by atoms with Crippen LogP contribution in [-0.4, -0.2) is 39.1 Å².